The minimum absolute atomic E-state index is 1.06. The summed E-state index contributed by atoms with van der Waals surface area (Å²) in [5.74, 6) is 0. The van der Waals surface area contributed by atoms with Gasteiger partial charge in [0.2, 0.25) is 0 Å². The molecule has 1 nitrogen and oxygen atoms in total. The van der Waals surface area contributed by atoms with Gasteiger partial charge in [0.1, 0.15) is 0 Å². The zero-order chi connectivity index (χ0) is 9.97. The van der Waals surface area contributed by atoms with Gasteiger partial charge in [0, 0.05) is 15.5 Å². The van der Waals surface area contributed by atoms with Crippen LogP contribution in [0.5, 0.6) is 0 Å². The summed E-state index contributed by atoms with van der Waals surface area (Å²) in [5.41, 5.74) is 1.37. The first-order valence-corrected chi connectivity index (χ1v) is 6.51. The fourth-order valence-electron chi connectivity index (χ4n) is 1.85. The largest absolute Gasteiger partial charge is 0.299 e. The van der Waals surface area contributed by atoms with Gasteiger partial charge in [-0.2, -0.15) is 0 Å². The fourth-order valence-corrected chi connectivity index (χ4v) is 3.10. The molecule has 1 aromatic rings. The van der Waals surface area contributed by atoms with Crippen LogP contribution in [0.3, 0.4) is 0 Å². The van der Waals surface area contributed by atoms with Crippen molar-refractivity contribution in [2.75, 3.05) is 13.1 Å². The number of halogens is 2. The Hall–Kier alpha value is 0.140. The van der Waals surface area contributed by atoms with Crippen LogP contribution >= 0.6 is 31.9 Å². The van der Waals surface area contributed by atoms with Crippen LogP contribution in [-0.2, 0) is 6.54 Å². The van der Waals surface area contributed by atoms with E-state index in [4.69, 9.17) is 0 Å². The SMILES string of the molecule is Brc1cccc(Br)c1CN1CCCC1. The molecular formula is C11H13Br2N. The van der Waals surface area contributed by atoms with Crippen molar-refractivity contribution in [1.29, 1.82) is 0 Å². The molecule has 0 saturated carbocycles. The standard InChI is InChI=1S/C11H13Br2N/c12-10-4-3-5-11(13)9(10)8-14-6-1-2-7-14/h3-5H,1-2,6-8H2. The molecule has 0 radical (unpaired) electrons. The van der Waals surface area contributed by atoms with Crippen LogP contribution in [0.2, 0.25) is 0 Å². The third-order valence-electron chi connectivity index (χ3n) is 2.64. The first-order valence-electron chi connectivity index (χ1n) is 4.92. The molecule has 0 N–H and O–H groups in total. The van der Waals surface area contributed by atoms with Crippen molar-refractivity contribution in [3.8, 4) is 0 Å². The van der Waals surface area contributed by atoms with E-state index >= 15 is 0 Å². The van der Waals surface area contributed by atoms with Crippen LogP contribution < -0.4 is 0 Å². The average Bonchev–Trinajstić information content (AvgIpc) is 2.64. The molecule has 0 spiro atoms. The Morgan fingerprint density at radius 3 is 2.21 bits per heavy atom. The molecule has 2 rings (SSSR count). The van der Waals surface area contributed by atoms with Crippen molar-refractivity contribution < 1.29 is 0 Å². The summed E-state index contributed by atoms with van der Waals surface area (Å²) in [4.78, 5) is 2.50. The normalized spacial score (nSPS) is 17.6. The summed E-state index contributed by atoms with van der Waals surface area (Å²) in [7, 11) is 0. The summed E-state index contributed by atoms with van der Waals surface area (Å²) in [6.07, 6.45) is 2.70. The third-order valence-corrected chi connectivity index (χ3v) is 4.13. The molecule has 1 heterocycles. The quantitative estimate of drug-likeness (QED) is 0.801. The van der Waals surface area contributed by atoms with Gasteiger partial charge in [-0.3, -0.25) is 4.90 Å². The molecule has 76 valence electrons. The Labute approximate surface area is 102 Å². The van der Waals surface area contributed by atoms with Crippen LogP contribution in [-0.4, -0.2) is 18.0 Å². The molecule has 0 atom stereocenters. The predicted molar refractivity (Wildman–Crippen MR) is 66.4 cm³/mol. The highest BCUT2D eigenvalue weighted by molar-refractivity contribution is 9.11. The Morgan fingerprint density at radius 1 is 1.07 bits per heavy atom. The minimum Gasteiger partial charge on any atom is -0.299 e. The molecule has 0 aliphatic carbocycles. The molecule has 1 aromatic carbocycles. The molecule has 0 amide bonds. The van der Waals surface area contributed by atoms with E-state index in [0.29, 0.717) is 0 Å². The lowest BCUT2D eigenvalue weighted by molar-refractivity contribution is 0.330. The highest BCUT2D eigenvalue weighted by Gasteiger charge is 2.14. The van der Waals surface area contributed by atoms with E-state index in [9.17, 15) is 0 Å². The minimum atomic E-state index is 1.06. The van der Waals surface area contributed by atoms with Gasteiger partial charge in [0.05, 0.1) is 0 Å². The molecule has 0 bridgehead atoms. The second-order valence-corrected chi connectivity index (χ2v) is 5.39. The van der Waals surface area contributed by atoms with E-state index in [-0.39, 0.29) is 0 Å². The highest BCUT2D eigenvalue weighted by Crippen LogP contribution is 2.27. The summed E-state index contributed by atoms with van der Waals surface area (Å²) in [5, 5.41) is 0. The topological polar surface area (TPSA) is 3.24 Å². The van der Waals surface area contributed by atoms with Crippen LogP contribution in [0.25, 0.3) is 0 Å². The molecule has 3 heteroatoms. The van der Waals surface area contributed by atoms with Crippen molar-refractivity contribution >= 4 is 31.9 Å². The summed E-state index contributed by atoms with van der Waals surface area (Å²) < 4.78 is 2.41. The monoisotopic (exact) mass is 317 g/mol. The van der Waals surface area contributed by atoms with E-state index in [1.807, 2.05) is 0 Å². The van der Waals surface area contributed by atoms with Crippen molar-refractivity contribution in [2.45, 2.75) is 19.4 Å². The van der Waals surface area contributed by atoms with E-state index in [2.05, 4.69) is 55.0 Å². The summed E-state index contributed by atoms with van der Waals surface area (Å²) in [6.45, 7) is 3.55. The number of nitrogens with zero attached hydrogens (tertiary/aromatic N) is 1. The lowest BCUT2D eigenvalue weighted by atomic mass is 10.2. The number of hydrogen-bond acceptors (Lipinski definition) is 1. The van der Waals surface area contributed by atoms with E-state index in [0.717, 1.165) is 6.54 Å². The van der Waals surface area contributed by atoms with E-state index in [1.54, 1.807) is 0 Å². The number of hydrogen-bond donors (Lipinski definition) is 0. The maximum atomic E-state index is 3.60. The summed E-state index contributed by atoms with van der Waals surface area (Å²) >= 11 is 7.20. The van der Waals surface area contributed by atoms with Gasteiger partial charge in [-0.25, -0.2) is 0 Å². The van der Waals surface area contributed by atoms with Crippen molar-refractivity contribution in [3.63, 3.8) is 0 Å². The molecule has 1 saturated heterocycles. The number of rotatable bonds is 2. The highest BCUT2D eigenvalue weighted by atomic mass is 79.9. The van der Waals surface area contributed by atoms with Gasteiger partial charge in [0.15, 0.2) is 0 Å². The second-order valence-electron chi connectivity index (χ2n) is 3.68. The zero-order valence-electron chi connectivity index (χ0n) is 7.97. The van der Waals surface area contributed by atoms with Crippen molar-refractivity contribution in [3.05, 3.63) is 32.7 Å². The van der Waals surface area contributed by atoms with Gasteiger partial charge in [0.25, 0.3) is 0 Å². The zero-order valence-corrected chi connectivity index (χ0v) is 11.1. The van der Waals surface area contributed by atoms with Gasteiger partial charge in [-0.1, -0.05) is 37.9 Å². The lowest BCUT2D eigenvalue weighted by Crippen LogP contribution is -2.18. The summed E-state index contributed by atoms with van der Waals surface area (Å²) in [6, 6.07) is 6.27. The fraction of sp³-hybridized carbons (Fsp3) is 0.455. The van der Waals surface area contributed by atoms with Gasteiger partial charge >= 0.3 is 0 Å². The molecular weight excluding hydrogens is 306 g/mol. The Balaban J connectivity index is 2.14. The van der Waals surface area contributed by atoms with E-state index in [1.165, 1.54) is 40.4 Å². The third kappa shape index (κ3) is 2.38. The molecule has 1 aliphatic heterocycles. The van der Waals surface area contributed by atoms with Crippen molar-refractivity contribution in [2.24, 2.45) is 0 Å². The van der Waals surface area contributed by atoms with Gasteiger partial charge in [-0.05, 0) is 43.6 Å². The molecule has 1 fully saturated rings. The van der Waals surface area contributed by atoms with Crippen LogP contribution in [0.15, 0.2) is 27.1 Å². The second kappa shape index (κ2) is 4.77. The maximum absolute atomic E-state index is 3.60. The van der Waals surface area contributed by atoms with Crippen molar-refractivity contribution in [1.82, 2.24) is 4.90 Å². The van der Waals surface area contributed by atoms with Crippen LogP contribution in [0.1, 0.15) is 18.4 Å². The average molecular weight is 319 g/mol. The van der Waals surface area contributed by atoms with Gasteiger partial charge < -0.3 is 0 Å². The first kappa shape index (κ1) is 10.7. The Bertz CT molecular complexity index is 299. The Morgan fingerprint density at radius 2 is 1.64 bits per heavy atom. The van der Waals surface area contributed by atoms with Gasteiger partial charge in [-0.15, -0.1) is 0 Å². The molecule has 0 aromatic heterocycles. The number of benzene rings is 1. The maximum Gasteiger partial charge on any atom is 0.0256 e. The van der Waals surface area contributed by atoms with Crippen LogP contribution in [0.4, 0.5) is 0 Å². The number of likely N-dealkylation sites (tertiary alicyclic amines) is 1. The lowest BCUT2D eigenvalue weighted by Gasteiger charge is -2.16. The molecule has 0 unspecified atom stereocenters. The molecule has 14 heavy (non-hydrogen) atoms. The predicted octanol–water partition coefficient (Wildman–Crippen LogP) is 3.81. The first-order chi connectivity index (χ1) is 6.77. The smallest absolute Gasteiger partial charge is 0.0256 e. The molecule has 1 aliphatic rings. The Kier molecular flexibility index (Phi) is 3.63. The van der Waals surface area contributed by atoms with Crippen LogP contribution in [0, 0.1) is 0 Å². The van der Waals surface area contributed by atoms with E-state index < -0.39 is 0 Å².